The Morgan fingerprint density at radius 3 is 1.67 bits per heavy atom. The van der Waals surface area contributed by atoms with E-state index in [1.807, 2.05) is 3.71 Å². The van der Waals surface area contributed by atoms with Gasteiger partial charge in [-0.15, -0.1) is 0 Å². The van der Waals surface area contributed by atoms with E-state index in [-0.39, 0.29) is 0 Å². The summed E-state index contributed by atoms with van der Waals surface area (Å²) >= 11 is -2.24. The standard InChI is InChI=1S/C10H16N.3C4H9.Sn/c1-3-4-5-7-10-8-6-9-11(10)2;3*1-3-4-2;/h6,8H,3-5,7H2,1-2H3;3*1,3-4H2,2H3;. The Balaban J connectivity index is 3.05. The molecule has 1 aromatic rings. The first-order chi connectivity index (χ1) is 11.6. The summed E-state index contributed by atoms with van der Waals surface area (Å²) < 4.78 is 9.24. The van der Waals surface area contributed by atoms with E-state index >= 15 is 0 Å². The van der Waals surface area contributed by atoms with E-state index < -0.39 is 18.4 Å². The van der Waals surface area contributed by atoms with Crippen LogP contribution < -0.4 is 3.71 Å². The van der Waals surface area contributed by atoms with Crippen molar-refractivity contribution >= 4 is 22.1 Å². The van der Waals surface area contributed by atoms with Gasteiger partial charge in [-0.1, -0.05) is 0 Å². The average molecular weight is 440 g/mol. The Kier molecular flexibility index (Phi) is 11.5. The molecule has 24 heavy (non-hydrogen) atoms. The number of hydrogen-bond acceptors (Lipinski definition) is 0. The monoisotopic (exact) mass is 441 g/mol. The van der Waals surface area contributed by atoms with Gasteiger partial charge < -0.3 is 0 Å². The summed E-state index contributed by atoms with van der Waals surface area (Å²) in [7, 11) is 2.38. The van der Waals surface area contributed by atoms with Crippen LogP contribution in [-0.4, -0.2) is 22.9 Å². The predicted octanol–water partition coefficient (Wildman–Crippen LogP) is 6.81. The Morgan fingerprint density at radius 1 is 0.708 bits per heavy atom. The minimum atomic E-state index is -2.24. The first-order valence-corrected chi connectivity index (χ1v) is 18.3. The topological polar surface area (TPSA) is 4.93 Å². The maximum absolute atomic E-state index is 2.66. The van der Waals surface area contributed by atoms with Crippen molar-refractivity contribution in [3.8, 4) is 0 Å². The third-order valence-electron chi connectivity index (χ3n) is 5.83. The van der Waals surface area contributed by atoms with Crippen LogP contribution in [0.2, 0.25) is 13.3 Å². The number of hydrogen-bond donors (Lipinski definition) is 0. The second-order valence-electron chi connectivity index (χ2n) is 7.82. The molecule has 1 nitrogen and oxygen atoms in total. The molecular formula is C22H43NSn. The molecule has 1 rings (SSSR count). The molecule has 0 aliphatic heterocycles. The van der Waals surface area contributed by atoms with Crippen molar-refractivity contribution in [1.82, 2.24) is 4.57 Å². The third kappa shape index (κ3) is 6.42. The van der Waals surface area contributed by atoms with E-state index in [9.17, 15) is 0 Å². The van der Waals surface area contributed by atoms with Gasteiger partial charge in [0.2, 0.25) is 0 Å². The fraction of sp³-hybridized carbons (Fsp3) is 0.818. The van der Waals surface area contributed by atoms with Crippen LogP contribution in [0.3, 0.4) is 0 Å². The zero-order valence-corrected chi connectivity index (χ0v) is 20.1. The number of nitrogens with zero attached hydrogens (tertiary/aromatic N) is 1. The quantitative estimate of drug-likeness (QED) is 0.221. The van der Waals surface area contributed by atoms with Gasteiger partial charge in [-0.25, -0.2) is 0 Å². The van der Waals surface area contributed by atoms with Crippen LogP contribution in [0.5, 0.6) is 0 Å². The summed E-state index contributed by atoms with van der Waals surface area (Å²) in [4.78, 5) is 0. The van der Waals surface area contributed by atoms with E-state index in [2.05, 4.69) is 51.4 Å². The van der Waals surface area contributed by atoms with Crippen molar-refractivity contribution in [2.75, 3.05) is 0 Å². The normalized spacial score (nSPS) is 12.0. The van der Waals surface area contributed by atoms with Gasteiger partial charge in [0.1, 0.15) is 0 Å². The predicted molar refractivity (Wildman–Crippen MR) is 113 cm³/mol. The zero-order chi connectivity index (χ0) is 17.8. The summed E-state index contributed by atoms with van der Waals surface area (Å²) in [5, 5.41) is 0. The Labute approximate surface area is 156 Å². The molecule has 0 bridgehead atoms. The van der Waals surface area contributed by atoms with E-state index in [0.29, 0.717) is 0 Å². The molecule has 0 unspecified atom stereocenters. The summed E-state index contributed by atoms with van der Waals surface area (Å²) in [5.41, 5.74) is 1.60. The molecule has 1 aromatic heterocycles. The second-order valence-corrected chi connectivity index (χ2v) is 20.9. The van der Waals surface area contributed by atoms with Crippen LogP contribution in [-0.2, 0) is 13.5 Å². The number of rotatable bonds is 14. The fourth-order valence-corrected chi connectivity index (χ4v) is 21.0. The maximum atomic E-state index is 2.66. The SMILES string of the molecule is CCCCCc1cc[c]([Sn]([CH2]CCC)([CH2]CCC)[CH2]CCC)n1C. The molecule has 0 spiro atoms. The van der Waals surface area contributed by atoms with Gasteiger partial charge in [0.15, 0.2) is 0 Å². The van der Waals surface area contributed by atoms with Crippen molar-refractivity contribution in [3.63, 3.8) is 0 Å². The molecule has 0 saturated carbocycles. The average Bonchev–Trinajstić information content (AvgIpc) is 2.96. The molecule has 0 atom stereocenters. The van der Waals surface area contributed by atoms with Crippen molar-refractivity contribution < 1.29 is 0 Å². The van der Waals surface area contributed by atoms with Crippen molar-refractivity contribution in [2.45, 2.75) is 105 Å². The van der Waals surface area contributed by atoms with Crippen LogP contribution in [0.1, 0.15) is 91.2 Å². The first kappa shape index (κ1) is 22.1. The summed E-state index contributed by atoms with van der Waals surface area (Å²) in [6.07, 6.45) is 13.8. The Hall–Kier alpha value is 0.0787. The van der Waals surface area contributed by atoms with Gasteiger partial charge in [-0.05, 0) is 0 Å². The molecule has 140 valence electrons. The summed E-state index contributed by atoms with van der Waals surface area (Å²) in [5.74, 6) is 0. The molecule has 0 N–H and O–H groups in total. The van der Waals surface area contributed by atoms with Crippen molar-refractivity contribution in [3.05, 3.63) is 17.8 Å². The number of aromatic nitrogens is 1. The van der Waals surface area contributed by atoms with Crippen molar-refractivity contribution in [2.24, 2.45) is 7.05 Å². The van der Waals surface area contributed by atoms with Crippen molar-refractivity contribution in [1.29, 1.82) is 0 Å². The molecule has 0 aromatic carbocycles. The van der Waals surface area contributed by atoms with E-state index in [0.717, 1.165) is 0 Å². The molecule has 2 heteroatoms. The van der Waals surface area contributed by atoms with Gasteiger partial charge >= 0.3 is 157 Å². The number of unbranched alkanes of at least 4 members (excludes halogenated alkanes) is 5. The third-order valence-corrected chi connectivity index (χ3v) is 21.6. The molecule has 1 heterocycles. The molecule has 0 aliphatic carbocycles. The van der Waals surface area contributed by atoms with Crippen LogP contribution in [0, 0.1) is 0 Å². The molecular weight excluding hydrogens is 397 g/mol. The molecule has 0 amide bonds. The molecule has 0 saturated heterocycles. The van der Waals surface area contributed by atoms with Crippen LogP contribution in [0.15, 0.2) is 12.1 Å². The second kappa shape index (κ2) is 12.4. The Bertz CT molecular complexity index is 413. The van der Waals surface area contributed by atoms with Gasteiger partial charge in [0.05, 0.1) is 0 Å². The van der Waals surface area contributed by atoms with Gasteiger partial charge in [0, 0.05) is 0 Å². The fourth-order valence-electron chi connectivity index (χ4n) is 4.20. The zero-order valence-electron chi connectivity index (χ0n) is 17.3. The number of aryl methyl sites for hydroxylation is 1. The van der Waals surface area contributed by atoms with Crippen LogP contribution in [0.4, 0.5) is 0 Å². The Morgan fingerprint density at radius 2 is 1.21 bits per heavy atom. The van der Waals surface area contributed by atoms with Gasteiger partial charge in [0.25, 0.3) is 0 Å². The molecule has 0 aliphatic rings. The van der Waals surface area contributed by atoms with Crippen LogP contribution >= 0.6 is 0 Å². The summed E-state index contributed by atoms with van der Waals surface area (Å²) in [6, 6.07) is 5.04. The summed E-state index contributed by atoms with van der Waals surface area (Å²) in [6.45, 7) is 9.42. The van der Waals surface area contributed by atoms with Gasteiger partial charge in [-0.2, -0.15) is 0 Å². The van der Waals surface area contributed by atoms with Crippen LogP contribution in [0.25, 0.3) is 0 Å². The van der Waals surface area contributed by atoms with E-state index in [1.54, 1.807) is 19.0 Å². The van der Waals surface area contributed by atoms with E-state index in [1.165, 1.54) is 64.2 Å². The first-order valence-electron chi connectivity index (χ1n) is 10.8. The minimum absolute atomic E-state index is 1.28. The van der Waals surface area contributed by atoms with Gasteiger partial charge in [-0.3, -0.25) is 0 Å². The van der Waals surface area contributed by atoms with E-state index in [4.69, 9.17) is 0 Å². The molecule has 0 fully saturated rings. The molecule has 0 radical (unpaired) electrons.